The van der Waals surface area contributed by atoms with Crippen LogP contribution in [-0.4, -0.2) is 63.2 Å². The average molecular weight is 623 g/mol. The lowest BCUT2D eigenvalue weighted by Gasteiger charge is -2.47. The smallest absolute Gasteiger partial charge is 0.251 e. The molecule has 0 aromatic heterocycles. The van der Waals surface area contributed by atoms with Gasteiger partial charge in [0, 0.05) is 36.4 Å². The average Bonchev–Trinajstić information content (AvgIpc) is 2.96. The second kappa shape index (κ2) is 16.2. The minimum atomic E-state index is -2.93. The number of aliphatic hydroxyl groups is 1. The Morgan fingerprint density at radius 1 is 1.02 bits per heavy atom. The van der Waals surface area contributed by atoms with E-state index in [2.05, 4.69) is 22.9 Å². The number of carbonyl (C=O) groups is 1. The van der Waals surface area contributed by atoms with E-state index in [1.165, 1.54) is 19.3 Å². The number of anilines is 2. The first-order valence-electron chi connectivity index (χ1n) is 15.5. The minimum Gasteiger partial charge on any atom is -0.390 e. The minimum absolute atomic E-state index is 0. The van der Waals surface area contributed by atoms with Crippen molar-refractivity contribution in [1.29, 1.82) is 0 Å². The number of amides is 1. The van der Waals surface area contributed by atoms with Gasteiger partial charge in [-0.2, -0.15) is 0 Å². The Kier molecular flexibility index (Phi) is 13.3. The highest BCUT2D eigenvalue weighted by molar-refractivity contribution is 8.25. The number of hydrogen-bond acceptors (Lipinski definition) is 7. The van der Waals surface area contributed by atoms with E-state index in [-0.39, 0.29) is 23.9 Å². The highest BCUT2D eigenvalue weighted by Crippen LogP contribution is 2.50. The van der Waals surface area contributed by atoms with Crippen LogP contribution in [0.3, 0.4) is 0 Å². The molecule has 10 heteroatoms. The summed E-state index contributed by atoms with van der Waals surface area (Å²) in [7, 11) is -2.93. The van der Waals surface area contributed by atoms with E-state index >= 15 is 0 Å². The molecule has 1 saturated carbocycles. The van der Waals surface area contributed by atoms with Crippen molar-refractivity contribution < 1.29 is 19.0 Å². The molecule has 6 N–H and O–H groups in total. The van der Waals surface area contributed by atoms with Crippen molar-refractivity contribution in [2.75, 3.05) is 35.0 Å². The van der Waals surface area contributed by atoms with Gasteiger partial charge in [0.05, 0.1) is 23.6 Å². The van der Waals surface area contributed by atoms with Crippen LogP contribution in [0.4, 0.5) is 11.4 Å². The summed E-state index contributed by atoms with van der Waals surface area (Å²) in [5.74, 6) is 0.0399. The molecule has 236 valence electrons. The zero-order valence-electron chi connectivity index (χ0n) is 25.2. The maximum Gasteiger partial charge on any atom is 0.251 e. The fraction of sp³-hybridized carbons (Fsp3) is 0.594. The zero-order valence-corrected chi connectivity index (χ0v) is 26.8. The van der Waals surface area contributed by atoms with E-state index in [1.807, 2.05) is 43.3 Å². The number of nitrogens with one attached hydrogen (secondary N) is 3. The van der Waals surface area contributed by atoms with Crippen molar-refractivity contribution in [2.24, 2.45) is 0 Å². The molecule has 8 nitrogen and oxygen atoms in total. The Hall–Kier alpha value is -2.01. The summed E-state index contributed by atoms with van der Waals surface area (Å²) in [5.41, 5.74) is 2.89. The highest BCUT2D eigenvalue weighted by Gasteiger charge is 2.33. The number of benzene rings is 2. The molecule has 2 fully saturated rings. The van der Waals surface area contributed by atoms with Crippen LogP contribution in [0.2, 0.25) is 0 Å². The number of hydrogen-bond donors (Lipinski definition) is 6. The Morgan fingerprint density at radius 2 is 1.76 bits per heavy atom. The van der Waals surface area contributed by atoms with Crippen molar-refractivity contribution >= 4 is 40.5 Å². The van der Waals surface area contributed by atoms with Crippen molar-refractivity contribution in [2.45, 2.75) is 95.7 Å². The second-order valence-corrected chi connectivity index (χ2v) is 13.9. The molecule has 2 aromatic rings. The molecule has 1 heterocycles. The molecule has 42 heavy (non-hydrogen) atoms. The summed E-state index contributed by atoms with van der Waals surface area (Å²) in [6, 6.07) is 14.8. The highest BCUT2D eigenvalue weighted by atomic mass is 35.5. The number of rotatable bonds is 13. The topological polar surface area (TPSA) is 117 Å². The molecule has 1 aliphatic carbocycles. The SMILES string of the molecule is CCCC1(NC[C@H](O)[C@H](Cc2ccccc2)NC(=O)c2cc(NCC)cc(N3CCCCS3(O)O)c2)CCCCC1.Cl. The van der Waals surface area contributed by atoms with Crippen LogP contribution in [0.1, 0.15) is 87.6 Å². The van der Waals surface area contributed by atoms with Crippen LogP contribution in [0.25, 0.3) is 0 Å². The van der Waals surface area contributed by atoms with Gasteiger partial charge in [-0.15, -0.1) is 23.2 Å². The normalized spacial score (nSPS) is 20.1. The number of halogens is 1. The van der Waals surface area contributed by atoms with E-state index in [9.17, 15) is 19.0 Å². The third kappa shape index (κ3) is 9.24. The summed E-state index contributed by atoms with van der Waals surface area (Å²) in [4.78, 5) is 13.8. The van der Waals surface area contributed by atoms with E-state index in [0.29, 0.717) is 43.1 Å². The van der Waals surface area contributed by atoms with Gasteiger partial charge in [-0.05, 0) is 69.2 Å². The quantitative estimate of drug-likeness (QED) is 0.149. The van der Waals surface area contributed by atoms with E-state index in [0.717, 1.165) is 49.8 Å². The van der Waals surface area contributed by atoms with Crippen molar-refractivity contribution in [3.63, 3.8) is 0 Å². The van der Waals surface area contributed by atoms with E-state index in [1.54, 1.807) is 16.4 Å². The monoisotopic (exact) mass is 622 g/mol. The van der Waals surface area contributed by atoms with Crippen molar-refractivity contribution in [1.82, 2.24) is 10.6 Å². The predicted octanol–water partition coefficient (Wildman–Crippen LogP) is 6.60. The third-order valence-electron chi connectivity index (χ3n) is 8.54. The lowest BCUT2D eigenvalue weighted by molar-refractivity contribution is 0.0784. The van der Waals surface area contributed by atoms with Gasteiger partial charge in [0.25, 0.3) is 5.91 Å². The number of β-amino-alcohol motifs (C(OH)–C–C–N with tert-alkyl or cyclic N) is 1. The summed E-state index contributed by atoms with van der Waals surface area (Å²) < 4.78 is 23.1. The summed E-state index contributed by atoms with van der Waals surface area (Å²) >= 11 is 0. The lowest BCUT2D eigenvalue weighted by atomic mass is 9.78. The van der Waals surface area contributed by atoms with Crippen molar-refractivity contribution in [3.05, 3.63) is 59.7 Å². The first-order valence-corrected chi connectivity index (χ1v) is 17.1. The summed E-state index contributed by atoms with van der Waals surface area (Å²) in [6.07, 6.45) is 9.47. The van der Waals surface area contributed by atoms with Crippen molar-refractivity contribution in [3.8, 4) is 0 Å². The maximum absolute atomic E-state index is 13.8. The number of nitrogens with zero attached hydrogens (tertiary/aromatic N) is 1. The zero-order chi connectivity index (χ0) is 29.3. The van der Waals surface area contributed by atoms with Gasteiger partial charge >= 0.3 is 0 Å². The molecule has 0 bridgehead atoms. The Labute approximate surface area is 259 Å². The molecule has 2 aromatic carbocycles. The number of aliphatic hydroxyl groups excluding tert-OH is 1. The Bertz CT molecular complexity index is 1110. The standard InChI is InChI=1S/C32H50N4O4S.ClH/c1-3-15-32(16-9-6-10-17-32)34-24-30(37)29(20-25-13-7-5-8-14-25)35-31(38)26-21-27(33-4-2)23-28(22-26)36-18-11-12-19-41(36,39)40;/h5,7-8,13-14,21-23,29-30,33-34,37,39-40H,3-4,6,9-12,15-20,24H2,1-2H3,(H,35,38);1H/t29-,30-;/m0./s1. The Morgan fingerprint density at radius 3 is 2.43 bits per heavy atom. The molecule has 0 unspecified atom stereocenters. The van der Waals surface area contributed by atoms with Gasteiger partial charge in [-0.25, -0.2) is 0 Å². The Balaban J connectivity index is 0.00000484. The molecule has 4 rings (SSSR count). The third-order valence-corrected chi connectivity index (χ3v) is 10.5. The van der Waals surface area contributed by atoms with E-state index in [4.69, 9.17) is 0 Å². The molecular weight excluding hydrogens is 572 g/mol. The van der Waals surface area contributed by atoms with Gasteiger partial charge in [0.2, 0.25) is 0 Å². The van der Waals surface area contributed by atoms with Gasteiger partial charge < -0.3 is 21.1 Å². The van der Waals surface area contributed by atoms with Gasteiger partial charge in [-0.1, -0.05) is 62.9 Å². The molecule has 0 radical (unpaired) electrons. The van der Waals surface area contributed by atoms with Crippen LogP contribution in [0.15, 0.2) is 48.5 Å². The molecule has 1 saturated heterocycles. The summed E-state index contributed by atoms with van der Waals surface area (Å²) in [6.45, 7) is 5.80. The van der Waals surface area contributed by atoms with Gasteiger partial charge in [-0.3, -0.25) is 18.2 Å². The summed E-state index contributed by atoms with van der Waals surface area (Å²) in [5, 5.41) is 21.6. The molecule has 0 spiro atoms. The first-order chi connectivity index (χ1) is 19.7. The molecule has 1 amide bonds. The van der Waals surface area contributed by atoms with Crippen LogP contribution in [-0.2, 0) is 6.42 Å². The van der Waals surface area contributed by atoms with Crippen LogP contribution in [0.5, 0.6) is 0 Å². The molecule has 2 aliphatic rings. The molecular formula is C32H51ClN4O4S. The van der Waals surface area contributed by atoms with Crippen LogP contribution >= 0.6 is 23.2 Å². The largest absolute Gasteiger partial charge is 0.390 e. The van der Waals surface area contributed by atoms with E-state index < -0.39 is 22.9 Å². The fourth-order valence-electron chi connectivity index (χ4n) is 6.39. The predicted molar refractivity (Wildman–Crippen MR) is 178 cm³/mol. The van der Waals surface area contributed by atoms with Crippen LogP contribution < -0.4 is 20.3 Å². The maximum atomic E-state index is 13.8. The fourth-order valence-corrected chi connectivity index (χ4v) is 8.06. The second-order valence-electron chi connectivity index (χ2n) is 11.8. The number of carbonyl (C=O) groups excluding carboxylic acids is 1. The lowest BCUT2D eigenvalue weighted by Crippen LogP contribution is -2.54. The molecule has 1 aliphatic heterocycles. The van der Waals surface area contributed by atoms with Crippen LogP contribution in [0, 0.1) is 0 Å². The van der Waals surface area contributed by atoms with Gasteiger partial charge in [0.15, 0.2) is 0 Å². The van der Waals surface area contributed by atoms with Gasteiger partial charge in [0.1, 0.15) is 0 Å². The first kappa shape index (κ1) is 34.5. The molecule has 2 atom stereocenters.